The lowest BCUT2D eigenvalue weighted by Crippen LogP contribution is -2.31. The van der Waals surface area contributed by atoms with Crippen molar-refractivity contribution in [2.45, 2.75) is 32.1 Å². The van der Waals surface area contributed by atoms with Crippen LogP contribution in [0.15, 0.2) is 140 Å². The summed E-state index contributed by atoms with van der Waals surface area (Å²) in [6.45, 7) is 2.95. The molecule has 0 aliphatic heterocycles. The van der Waals surface area contributed by atoms with Crippen LogP contribution >= 0.6 is 0 Å². The zero-order valence-corrected chi connectivity index (χ0v) is 28.4. The number of aliphatic carboxylic acids is 1. The Hall–Kier alpha value is -5.67. The lowest BCUT2D eigenvalue weighted by Gasteiger charge is -2.22. The second-order valence-electron chi connectivity index (χ2n) is 11.7. The van der Waals surface area contributed by atoms with Crippen molar-refractivity contribution in [1.29, 1.82) is 0 Å². The van der Waals surface area contributed by atoms with Gasteiger partial charge in [-0.25, -0.2) is 4.79 Å². The normalized spacial score (nSPS) is 11.1. The van der Waals surface area contributed by atoms with E-state index in [2.05, 4.69) is 90.2 Å². The Balaban J connectivity index is 0.000000755. The number of carbonyl (C=O) groups excluding carboxylic acids is 1. The molecule has 0 radical (unpaired) electrons. The first-order valence-electron chi connectivity index (χ1n) is 16.5. The van der Waals surface area contributed by atoms with Crippen molar-refractivity contribution in [2.24, 2.45) is 0 Å². The number of nitrogens with zero attached hydrogens (tertiary/aromatic N) is 1. The van der Waals surface area contributed by atoms with E-state index in [-0.39, 0.29) is 5.91 Å². The van der Waals surface area contributed by atoms with Gasteiger partial charge in [0.15, 0.2) is 0 Å². The standard InChI is InChI=1S/C40H40N2O2.C2HF3O2/c1-44-39-14-8-13-34(29-39)26-28-42(40(43)24-19-32-9-4-2-5-10-32)31-36-17-22-38(23-18-36)37-20-15-35(16-21-37)30-41-27-25-33-11-6-3-7-12-33;3-2(4,5)1(6)7/h2-24,29,41H,25-28,30-31H2,1H3;(H,6,7)/b24-19+;. The first-order chi connectivity index (χ1) is 24.6. The van der Waals surface area contributed by atoms with Crippen LogP contribution in [-0.4, -0.2) is 48.3 Å². The van der Waals surface area contributed by atoms with Crippen LogP contribution in [0, 0.1) is 0 Å². The van der Waals surface area contributed by atoms with E-state index >= 15 is 0 Å². The summed E-state index contributed by atoms with van der Waals surface area (Å²) < 4.78 is 37.1. The van der Waals surface area contributed by atoms with E-state index in [1.165, 1.54) is 16.7 Å². The summed E-state index contributed by atoms with van der Waals surface area (Å²) in [7, 11) is 1.67. The molecule has 0 aliphatic rings. The van der Waals surface area contributed by atoms with Gasteiger partial charge in [0, 0.05) is 25.7 Å². The van der Waals surface area contributed by atoms with Gasteiger partial charge in [0.2, 0.25) is 5.91 Å². The monoisotopic (exact) mass is 694 g/mol. The van der Waals surface area contributed by atoms with Crippen molar-refractivity contribution in [1.82, 2.24) is 10.2 Å². The molecular weight excluding hydrogens is 653 g/mol. The molecule has 5 aromatic carbocycles. The molecule has 264 valence electrons. The summed E-state index contributed by atoms with van der Waals surface area (Å²) in [6, 6.07) is 45.8. The van der Waals surface area contributed by atoms with E-state index in [9.17, 15) is 18.0 Å². The van der Waals surface area contributed by atoms with Gasteiger partial charge in [-0.2, -0.15) is 13.2 Å². The minimum absolute atomic E-state index is 0.00575. The average molecular weight is 695 g/mol. The first kappa shape index (κ1) is 38.1. The summed E-state index contributed by atoms with van der Waals surface area (Å²) in [6.07, 6.45) is 0.242. The maximum absolute atomic E-state index is 13.4. The van der Waals surface area contributed by atoms with Crippen LogP contribution in [-0.2, 0) is 35.5 Å². The molecule has 0 aromatic heterocycles. The molecule has 0 unspecified atom stereocenters. The average Bonchev–Trinajstić information content (AvgIpc) is 3.15. The van der Waals surface area contributed by atoms with Crippen LogP contribution in [0.2, 0.25) is 0 Å². The Labute approximate surface area is 296 Å². The number of halogens is 3. The molecule has 0 atom stereocenters. The van der Waals surface area contributed by atoms with Crippen molar-refractivity contribution in [3.63, 3.8) is 0 Å². The van der Waals surface area contributed by atoms with Gasteiger partial charge in [-0.15, -0.1) is 0 Å². The number of carboxylic acid groups (broad SMARTS) is 1. The molecule has 5 aromatic rings. The molecule has 0 saturated heterocycles. The number of rotatable bonds is 14. The molecule has 9 heteroatoms. The van der Waals surface area contributed by atoms with E-state index < -0.39 is 12.1 Å². The zero-order valence-electron chi connectivity index (χ0n) is 28.4. The zero-order chi connectivity index (χ0) is 36.5. The van der Waals surface area contributed by atoms with Crippen LogP contribution in [0.4, 0.5) is 13.2 Å². The predicted molar refractivity (Wildman–Crippen MR) is 195 cm³/mol. The fraction of sp³-hybridized carbons (Fsp3) is 0.190. The van der Waals surface area contributed by atoms with Crippen LogP contribution < -0.4 is 10.1 Å². The SMILES string of the molecule is COc1cccc(CCN(Cc2ccc(-c3ccc(CNCCc4ccccc4)cc3)cc2)C(=O)/C=C/c2ccccc2)c1.O=C(O)C(F)(F)F. The summed E-state index contributed by atoms with van der Waals surface area (Å²) in [4.78, 5) is 24.2. The molecule has 0 bridgehead atoms. The minimum Gasteiger partial charge on any atom is -0.497 e. The highest BCUT2D eigenvalue weighted by Gasteiger charge is 2.38. The maximum atomic E-state index is 13.4. The van der Waals surface area contributed by atoms with Crippen LogP contribution in [0.5, 0.6) is 5.75 Å². The number of hydrogen-bond acceptors (Lipinski definition) is 4. The smallest absolute Gasteiger partial charge is 0.490 e. The van der Waals surface area contributed by atoms with E-state index in [1.54, 1.807) is 13.2 Å². The number of ether oxygens (including phenoxy) is 1. The lowest BCUT2D eigenvalue weighted by molar-refractivity contribution is -0.192. The van der Waals surface area contributed by atoms with Crippen molar-refractivity contribution >= 4 is 18.0 Å². The van der Waals surface area contributed by atoms with Crippen molar-refractivity contribution < 1.29 is 32.6 Å². The molecular formula is C42H41F3N2O4. The Morgan fingerprint density at radius 3 is 1.88 bits per heavy atom. The molecule has 0 heterocycles. The van der Waals surface area contributed by atoms with Gasteiger partial charge in [0.25, 0.3) is 0 Å². The first-order valence-corrected chi connectivity index (χ1v) is 16.5. The third-order valence-electron chi connectivity index (χ3n) is 7.95. The highest BCUT2D eigenvalue weighted by atomic mass is 19.4. The number of hydrogen-bond donors (Lipinski definition) is 2. The highest BCUT2D eigenvalue weighted by Crippen LogP contribution is 2.22. The second kappa shape index (κ2) is 19.5. The van der Waals surface area contributed by atoms with Gasteiger partial charge in [0.1, 0.15) is 5.75 Å². The Kier molecular flexibility index (Phi) is 14.6. The summed E-state index contributed by atoms with van der Waals surface area (Å²) in [5.74, 6) is -1.94. The maximum Gasteiger partial charge on any atom is 0.490 e. The molecule has 2 N–H and O–H groups in total. The molecule has 6 nitrogen and oxygen atoms in total. The minimum atomic E-state index is -5.08. The number of amides is 1. The third-order valence-corrected chi connectivity index (χ3v) is 7.95. The van der Waals surface area contributed by atoms with Gasteiger partial charge in [-0.05, 0) is 76.5 Å². The Morgan fingerprint density at radius 1 is 0.725 bits per heavy atom. The number of carboxylic acids is 1. The largest absolute Gasteiger partial charge is 0.497 e. The van der Waals surface area contributed by atoms with Crippen molar-refractivity contribution in [3.05, 3.63) is 167 Å². The molecule has 0 fully saturated rings. The molecule has 0 aliphatic carbocycles. The van der Waals surface area contributed by atoms with Crippen LogP contribution in [0.3, 0.4) is 0 Å². The van der Waals surface area contributed by atoms with E-state index in [0.29, 0.717) is 13.1 Å². The lowest BCUT2D eigenvalue weighted by atomic mass is 10.0. The van der Waals surface area contributed by atoms with Gasteiger partial charge < -0.3 is 20.1 Å². The highest BCUT2D eigenvalue weighted by molar-refractivity contribution is 5.91. The van der Waals surface area contributed by atoms with E-state index in [1.807, 2.05) is 59.5 Å². The molecule has 51 heavy (non-hydrogen) atoms. The van der Waals surface area contributed by atoms with Gasteiger partial charge >= 0.3 is 12.1 Å². The molecule has 1 amide bonds. The Morgan fingerprint density at radius 2 is 1.29 bits per heavy atom. The second-order valence-corrected chi connectivity index (χ2v) is 11.7. The third kappa shape index (κ3) is 13.3. The number of benzene rings is 5. The van der Waals surface area contributed by atoms with Crippen LogP contribution in [0.1, 0.15) is 27.8 Å². The van der Waals surface area contributed by atoms with Crippen LogP contribution in [0.25, 0.3) is 17.2 Å². The fourth-order valence-corrected chi connectivity index (χ4v) is 5.14. The molecule has 0 spiro atoms. The van der Waals surface area contributed by atoms with Gasteiger partial charge in [0.05, 0.1) is 7.11 Å². The van der Waals surface area contributed by atoms with E-state index in [4.69, 9.17) is 14.6 Å². The quantitative estimate of drug-likeness (QED) is 0.0900. The summed E-state index contributed by atoms with van der Waals surface area (Å²) in [5, 5.41) is 10.7. The predicted octanol–water partition coefficient (Wildman–Crippen LogP) is 8.61. The summed E-state index contributed by atoms with van der Waals surface area (Å²) in [5.41, 5.74) is 8.21. The molecule has 5 rings (SSSR count). The topological polar surface area (TPSA) is 78.9 Å². The Bertz CT molecular complexity index is 1830. The fourth-order valence-electron chi connectivity index (χ4n) is 5.14. The number of alkyl halides is 3. The van der Waals surface area contributed by atoms with E-state index in [0.717, 1.165) is 53.9 Å². The van der Waals surface area contributed by atoms with Crippen molar-refractivity contribution in [3.8, 4) is 16.9 Å². The van der Waals surface area contributed by atoms with Gasteiger partial charge in [-0.3, -0.25) is 4.79 Å². The summed E-state index contributed by atoms with van der Waals surface area (Å²) >= 11 is 0. The molecule has 0 saturated carbocycles. The van der Waals surface area contributed by atoms with Crippen molar-refractivity contribution in [2.75, 3.05) is 20.2 Å². The number of carbonyl (C=O) groups is 2. The number of nitrogens with one attached hydrogen (secondary N) is 1. The number of methoxy groups -OCH3 is 1. The van der Waals surface area contributed by atoms with Gasteiger partial charge in [-0.1, -0.05) is 121 Å².